The van der Waals surface area contributed by atoms with Crippen LogP contribution in [0.2, 0.25) is 0 Å². The fourth-order valence-electron chi connectivity index (χ4n) is 3.87. The van der Waals surface area contributed by atoms with Gasteiger partial charge < -0.3 is 19.9 Å². The van der Waals surface area contributed by atoms with Crippen LogP contribution in [0.3, 0.4) is 0 Å². The highest BCUT2D eigenvalue weighted by Crippen LogP contribution is 2.28. The number of methoxy groups -OCH3 is 1. The SMILES string of the molecule is COc1cccc(N2C[C@@H](C(=O)NCCc3c[nH]c4ccc(C)cc34)CC2=O)c1. The fourth-order valence-corrected chi connectivity index (χ4v) is 3.87. The minimum Gasteiger partial charge on any atom is -0.497 e. The predicted molar refractivity (Wildman–Crippen MR) is 113 cm³/mol. The van der Waals surface area contributed by atoms with Crippen molar-refractivity contribution in [3.05, 3.63) is 59.8 Å². The van der Waals surface area contributed by atoms with Gasteiger partial charge in [-0.2, -0.15) is 0 Å². The smallest absolute Gasteiger partial charge is 0.227 e. The van der Waals surface area contributed by atoms with Crippen LogP contribution in [0.1, 0.15) is 17.5 Å². The van der Waals surface area contributed by atoms with Crippen LogP contribution in [-0.2, 0) is 16.0 Å². The van der Waals surface area contributed by atoms with Gasteiger partial charge in [0, 0.05) is 48.4 Å². The van der Waals surface area contributed by atoms with Gasteiger partial charge in [-0.05, 0) is 43.2 Å². The minimum atomic E-state index is -0.334. The molecule has 2 N–H and O–H groups in total. The molecule has 150 valence electrons. The second kappa shape index (κ2) is 7.99. The molecule has 1 aliphatic rings. The predicted octanol–water partition coefficient (Wildman–Crippen LogP) is 3.20. The fraction of sp³-hybridized carbons (Fsp3) is 0.304. The van der Waals surface area contributed by atoms with E-state index in [1.54, 1.807) is 12.0 Å². The molecule has 0 unspecified atom stereocenters. The Balaban J connectivity index is 1.35. The number of carbonyl (C=O) groups excluding carboxylic acids is 2. The summed E-state index contributed by atoms with van der Waals surface area (Å²) in [6.45, 7) is 3.01. The molecular weight excluding hydrogens is 366 g/mol. The molecule has 4 rings (SSSR count). The number of nitrogens with zero attached hydrogens (tertiary/aromatic N) is 1. The summed E-state index contributed by atoms with van der Waals surface area (Å²) in [5, 5.41) is 4.19. The van der Waals surface area contributed by atoms with Crippen molar-refractivity contribution in [1.29, 1.82) is 0 Å². The third-order valence-electron chi connectivity index (χ3n) is 5.48. The van der Waals surface area contributed by atoms with E-state index < -0.39 is 0 Å². The van der Waals surface area contributed by atoms with Crippen molar-refractivity contribution in [1.82, 2.24) is 10.3 Å². The Morgan fingerprint density at radius 3 is 2.97 bits per heavy atom. The number of ether oxygens (including phenoxy) is 1. The van der Waals surface area contributed by atoms with Crippen LogP contribution in [0.5, 0.6) is 5.75 Å². The highest BCUT2D eigenvalue weighted by Gasteiger charge is 2.35. The standard InChI is InChI=1S/C23H25N3O3/c1-15-6-7-21-20(10-15)16(13-25-21)8-9-24-23(28)17-11-22(27)26(14-17)18-4-3-5-19(12-18)29-2/h3-7,10,12-13,17,25H,8-9,11,14H2,1-2H3,(H,24,28)/t17-/m0/s1. The molecule has 6 nitrogen and oxygen atoms in total. The zero-order valence-electron chi connectivity index (χ0n) is 16.7. The Morgan fingerprint density at radius 1 is 1.28 bits per heavy atom. The number of aromatic amines is 1. The number of hydrogen-bond donors (Lipinski definition) is 2. The zero-order valence-corrected chi connectivity index (χ0v) is 16.7. The lowest BCUT2D eigenvalue weighted by Gasteiger charge is -2.17. The lowest BCUT2D eigenvalue weighted by Crippen LogP contribution is -2.34. The third-order valence-corrected chi connectivity index (χ3v) is 5.48. The van der Waals surface area contributed by atoms with E-state index in [0.717, 1.165) is 17.6 Å². The van der Waals surface area contributed by atoms with Crippen LogP contribution in [-0.4, -0.2) is 37.0 Å². The molecule has 2 amide bonds. The Bertz CT molecular complexity index is 1060. The summed E-state index contributed by atoms with van der Waals surface area (Å²) in [5.74, 6) is 0.251. The number of nitrogens with one attached hydrogen (secondary N) is 2. The number of rotatable bonds is 6. The van der Waals surface area contributed by atoms with E-state index in [0.29, 0.717) is 18.8 Å². The molecular formula is C23H25N3O3. The summed E-state index contributed by atoms with van der Waals surface area (Å²) in [6.07, 6.45) is 2.98. The van der Waals surface area contributed by atoms with Gasteiger partial charge in [0.2, 0.25) is 11.8 Å². The summed E-state index contributed by atoms with van der Waals surface area (Å²) in [7, 11) is 1.59. The first-order valence-corrected chi connectivity index (χ1v) is 9.84. The average Bonchev–Trinajstić information content (AvgIpc) is 3.31. The lowest BCUT2D eigenvalue weighted by molar-refractivity contribution is -0.126. The largest absolute Gasteiger partial charge is 0.497 e. The maximum absolute atomic E-state index is 12.6. The van der Waals surface area contributed by atoms with Gasteiger partial charge in [0.15, 0.2) is 0 Å². The topological polar surface area (TPSA) is 74.4 Å². The van der Waals surface area contributed by atoms with Crippen LogP contribution in [0.25, 0.3) is 10.9 Å². The lowest BCUT2D eigenvalue weighted by atomic mass is 10.1. The van der Waals surface area contributed by atoms with Crippen molar-refractivity contribution in [2.45, 2.75) is 19.8 Å². The first-order valence-electron chi connectivity index (χ1n) is 9.84. The maximum atomic E-state index is 12.6. The zero-order chi connectivity index (χ0) is 20.4. The van der Waals surface area contributed by atoms with Crippen LogP contribution in [0, 0.1) is 12.8 Å². The molecule has 2 heterocycles. The van der Waals surface area contributed by atoms with Crippen molar-refractivity contribution in [2.75, 3.05) is 25.1 Å². The summed E-state index contributed by atoms with van der Waals surface area (Å²) in [6, 6.07) is 13.7. The van der Waals surface area contributed by atoms with Crippen LogP contribution in [0.15, 0.2) is 48.7 Å². The number of anilines is 1. The van der Waals surface area contributed by atoms with Crippen LogP contribution in [0.4, 0.5) is 5.69 Å². The molecule has 0 radical (unpaired) electrons. The Labute approximate surface area is 169 Å². The molecule has 0 aliphatic carbocycles. The van der Waals surface area contributed by atoms with Crippen LogP contribution < -0.4 is 15.0 Å². The van der Waals surface area contributed by atoms with E-state index in [9.17, 15) is 9.59 Å². The van der Waals surface area contributed by atoms with E-state index in [2.05, 4.69) is 35.4 Å². The highest BCUT2D eigenvalue weighted by atomic mass is 16.5. The number of H-pyrrole nitrogens is 1. The molecule has 1 aliphatic heterocycles. The molecule has 1 atom stereocenters. The number of hydrogen-bond acceptors (Lipinski definition) is 3. The van der Waals surface area contributed by atoms with Crippen molar-refractivity contribution >= 4 is 28.4 Å². The van der Waals surface area contributed by atoms with E-state index in [-0.39, 0.29) is 24.2 Å². The first-order chi connectivity index (χ1) is 14.0. The summed E-state index contributed by atoms with van der Waals surface area (Å²) in [4.78, 5) is 30.0. The van der Waals surface area contributed by atoms with Crippen molar-refractivity contribution in [2.24, 2.45) is 5.92 Å². The molecule has 1 saturated heterocycles. The third kappa shape index (κ3) is 3.97. The van der Waals surface area contributed by atoms with Gasteiger partial charge in [0.1, 0.15) is 5.75 Å². The minimum absolute atomic E-state index is 0.0366. The summed E-state index contributed by atoms with van der Waals surface area (Å²) in [5.41, 5.74) is 4.26. The number of carbonyl (C=O) groups is 2. The number of fused-ring (bicyclic) bond motifs is 1. The molecule has 1 fully saturated rings. The van der Waals surface area contributed by atoms with Gasteiger partial charge >= 0.3 is 0 Å². The van der Waals surface area contributed by atoms with Gasteiger partial charge in [-0.25, -0.2) is 0 Å². The van der Waals surface area contributed by atoms with Gasteiger partial charge in [0.05, 0.1) is 13.0 Å². The monoisotopic (exact) mass is 391 g/mol. The van der Waals surface area contributed by atoms with E-state index in [1.807, 2.05) is 30.5 Å². The number of aromatic nitrogens is 1. The molecule has 3 aromatic rings. The van der Waals surface area contributed by atoms with Crippen molar-refractivity contribution in [3.63, 3.8) is 0 Å². The molecule has 29 heavy (non-hydrogen) atoms. The normalized spacial score (nSPS) is 16.4. The Kier molecular flexibility index (Phi) is 5.25. The van der Waals surface area contributed by atoms with E-state index in [4.69, 9.17) is 4.74 Å². The van der Waals surface area contributed by atoms with E-state index in [1.165, 1.54) is 16.5 Å². The van der Waals surface area contributed by atoms with Crippen LogP contribution >= 0.6 is 0 Å². The van der Waals surface area contributed by atoms with E-state index >= 15 is 0 Å². The first kappa shape index (κ1) is 19.1. The molecule has 0 saturated carbocycles. The maximum Gasteiger partial charge on any atom is 0.227 e. The van der Waals surface area contributed by atoms with Gasteiger partial charge in [-0.3, -0.25) is 9.59 Å². The highest BCUT2D eigenvalue weighted by molar-refractivity contribution is 6.00. The average molecular weight is 391 g/mol. The van der Waals surface area contributed by atoms with Gasteiger partial charge in [-0.1, -0.05) is 17.7 Å². The quantitative estimate of drug-likeness (QED) is 0.678. The second-order valence-corrected chi connectivity index (χ2v) is 7.51. The molecule has 1 aromatic heterocycles. The Hall–Kier alpha value is -3.28. The summed E-state index contributed by atoms with van der Waals surface area (Å²) < 4.78 is 5.23. The molecule has 0 spiro atoms. The van der Waals surface area contributed by atoms with Gasteiger partial charge in [0.25, 0.3) is 0 Å². The second-order valence-electron chi connectivity index (χ2n) is 7.51. The molecule has 0 bridgehead atoms. The number of benzene rings is 2. The Morgan fingerprint density at radius 2 is 2.14 bits per heavy atom. The van der Waals surface area contributed by atoms with Crippen molar-refractivity contribution in [3.8, 4) is 5.75 Å². The molecule has 6 heteroatoms. The van der Waals surface area contributed by atoms with Crippen molar-refractivity contribution < 1.29 is 14.3 Å². The molecule has 2 aromatic carbocycles. The number of aryl methyl sites for hydroxylation is 1. The number of amides is 2. The summed E-state index contributed by atoms with van der Waals surface area (Å²) >= 11 is 0. The van der Waals surface area contributed by atoms with Gasteiger partial charge in [-0.15, -0.1) is 0 Å².